The first-order chi connectivity index (χ1) is 15.6. The minimum absolute atomic E-state index is 0.0941. The zero-order chi connectivity index (χ0) is 22.6. The number of hydrogen-bond donors (Lipinski definition) is 1. The molecule has 3 aromatic carbocycles. The Bertz CT molecular complexity index is 1000. The average molecular weight is 451 g/mol. The van der Waals surface area contributed by atoms with Crippen molar-refractivity contribution in [1.82, 2.24) is 5.43 Å². The summed E-state index contributed by atoms with van der Waals surface area (Å²) >= 11 is 5.89. The number of carbonyl (C=O) groups is 1. The molecular weight excluding hydrogens is 424 g/mol. The van der Waals surface area contributed by atoms with Gasteiger partial charge < -0.3 is 9.47 Å². The Hall–Kier alpha value is -3.31. The summed E-state index contributed by atoms with van der Waals surface area (Å²) in [6.07, 6.45) is 4.96. The van der Waals surface area contributed by atoms with Gasteiger partial charge in [-0.25, -0.2) is 5.43 Å². The van der Waals surface area contributed by atoms with Crippen LogP contribution in [0, 0.1) is 0 Å². The van der Waals surface area contributed by atoms with Crippen molar-refractivity contribution in [3.63, 3.8) is 0 Å². The summed E-state index contributed by atoms with van der Waals surface area (Å²) in [5, 5.41) is 4.68. The molecule has 0 unspecified atom stereocenters. The van der Waals surface area contributed by atoms with E-state index >= 15 is 0 Å². The third-order valence-electron chi connectivity index (χ3n) is 4.71. The molecule has 0 aliphatic heterocycles. The molecule has 0 atom stereocenters. The molecule has 0 radical (unpaired) electrons. The predicted octanol–water partition coefficient (Wildman–Crippen LogP) is 5.79. The number of unbranched alkanes of at least 4 members (excludes halogenated alkanes) is 1. The Morgan fingerprint density at radius 3 is 2.22 bits per heavy atom. The van der Waals surface area contributed by atoms with Gasteiger partial charge in [-0.05, 0) is 78.1 Å². The summed E-state index contributed by atoms with van der Waals surface area (Å²) in [6.45, 7) is 2.54. The molecule has 0 heterocycles. The average Bonchev–Trinajstić information content (AvgIpc) is 2.82. The maximum Gasteiger partial charge on any atom is 0.277 e. The van der Waals surface area contributed by atoms with E-state index in [0.717, 1.165) is 23.3 Å². The minimum Gasteiger partial charge on any atom is -0.489 e. The van der Waals surface area contributed by atoms with Crippen molar-refractivity contribution in [3.8, 4) is 11.5 Å². The summed E-state index contributed by atoms with van der Waals surface area (Å²) in [6, 6.07) is 22.8. The quantitative estimate of drug-likeness (QED) is 0.297. The lowest BCUT2D eigenvalue weighted by molar-refractivity contribution is -0.123. The van der Waals surface area contributed by atoms with Crippen molar-refractivity contribution >= 4 is 23.7 Å². The number of amides is 1. The highest BCUT2D eigenvalue weighted by atomic mass is 35.5. The molecule has 3 aromatic rings. The molecule has 0 spiro atoms. The van der Waals surface area contributed by atoms with Gasteiger partial charge in [-0.2, -0.15) is 5.10 Å². The van der Waals surface area contributed by atoms with Gasteiger partial charge in [0.15, 0.2) is 6.61 Å². The van der Waals surface area contributed by atoms with Gasteiger partial charge in [-0.15, -0.1) is 0 Å². The number of nitrogens with zero attached hydrogens (tertiary/aromatic N) is 1. The Morgan fingerprint density at radius 1 is 0.906 bits per heavy atom. The van der Waals surface area contributed by atoms with E-state index in [-0.39, 0.29) is 12.5 Å². The fraction of sp³-hybridized carbons (Fsp3) is 0.231. The molecule has 0 fully saturated rings. The molecule has 6 heteroatoms. The zero-order valence-corrected chi connectivity index (χ0v) is 18.8. The van der Waals surface area contributed by atoms with Crippen molar-refractivity contribution in [3.05, 3.63) is 94.5 Å². The van der Waals surface area contributed by atoms with Crippen molar-refractivity contribution < 1.29 is 14.3 Å². The minimum atomic E-state index is -0.320. The predicted molar refractivity (Wildman–Crippen MR) is 129 cm³/mol. The maximum absolute atomic E-state index is 11.9. The Morgan fingerprint density at radius 2 is 1.53 bits per heavy atom. The second-order valence-electron chi connectivity index (χ2n) is 7.31. The summed E-state index contributed by atoms with van der Waals surface area (Å²) in [5.41, 5.74) is 5.62. The third-order valence-corrected chi connectivity index (χ3v) is 4.97. The second kappa shape index (κ2) is 12.5. The Labute approximate surface area is 194 Å². The Kier molecular flexibility index (Phi) is 9.14. The third kappa shape index (κ3) is 8.08. The lowest BCUT2D eigenvalue weighted by atomic mass is 10.1. The van der Waals surface area contributed by atoms with Gasteiger partial charge in [0.25, 0.3) is 5.91 Å². The zero-order valence-electron chi connectivity index (χ0n) is 18.1. The van der Waals surface area contributed by atoms with Crippen LogP contribution in [0.2, 0.25) is 5.02 Å². The highest BCUT2D eigenvalue weighted by Gasteiger charge is 2.02. The first kappa shape index (κ1) is 23.4. The molecule has 0 aromatic heterocycles. The molecule has 0 bridgehead atoms. The van der Waals surface area contributed by atoms with E-state index in [0.29, 0.717) is 17.4 Å². The van der Waals surface area contributed by atoms with E-state index < -0.39 is 0 Å². The van der Waals surface area contributed by atoms with Gasteiger partial charge in [0.2, 0.25) is 0 Å². The van der Waals surface area contributed by atoms with Crippen LogP contribution in [0.5, 0.6) is 11.5 Å². The van der Waals surface area contributed by atoms with E-state index in [1.165, 1.54) is 18.4 Å². The normalized spacial score (nSPS) is 10.8. The van der Waals surface area contributed by atoms with Crippen LogP contribution in [-0.4, -0.2) is 18.7 Å². The molecule has 1 N–H and O–H groups in total. The van der Waals surface area contributed by atoms with Crippen molar-refractivity contribution in [2.24, 2.45) is 5.10 Å². The summed E-state index contributed by atoms with van der Waals surface area (Å²) in [5.74, 6) is 1.09. The molecule has 1 amide bonds. The molecule has 0 saturated heterocycles. The number of aryl methyl sites for hydroxylation is 1. The molecule has 5 nitrogen and oxygen atoms in total. The van der Waals surface area contributed by atoms with Gasteiger partial charge in [0.1, 0.15) is 18.1 Å². The van der Waals surface area contributed by atoms with Crippen LogP contribution in [0.1, 0.15) is 36.5 Å². The highest BCUT2D eigenvalue weighted by Crippen LogP contribution is 2.16. The maximum atomic E-state index is 11.9. The number of hydrazone groups is 1. The van der Waals surface area contributed by atoms with E-state index in [2.05, 4.69) is 17.5 Å². The van der Waals surface area contributed by atoms with Gasteiger partial charge in [-0.3, -0.25) is 4.79 Å². The first-order valence-electron chi connectivity index (χ1n) is 10.6. The number of carbonyl (C=O) groups excluding carboxylic acids is 1. The van der Waals surface area contributed by atoms with E-state index in [9.17, 15) is 4.79 Å². The SMILES string of the molecule is CCCCc1ccc(OCC(=O)N/N=C\c2ccc(OCc3ccc(Cl)cc3)cc2)cc1. The van der Waals surface area contributed by atoms with E-state index in [1.807, 2.05) is 72.8 Å². The lowest BCUT2D eigenvalue weighted by Gasteiger charge is -2.07. The van der Waals surface area contributed by atoms with E-state index in [4.69, 9.17) is 21.1 Å². The summed E-state index contributed by atoms with van der Waals surface area (Å²) in [7, 11) is 0. The van der Waals surface area contributed by atoms with Gasteiger partial charge in [-0.1, -0.05) is 49.2 Å². The van der Waals surface area contributed by atoms with Crippen LogP contribution in [0.3, 0.4) is 0 Å². The topological polar surface area (TPSA) is 59.9 Å². The lowest BCUT2D eigenvalue weighted by Crippen LogP contribution is -2.24. The van der Waals surface area contributed by atoms with Crippen LogP contribution in [-0.2, 0) is 17.8 Å². The van der Waals surface area contributed by atoms with Crippen LogP contribution in [0.4, 0.5) is 0 Å². The number of benzene rings is 3. The molecule has 0 aliphatic rings. The number of rotatable bonds is 11. The summed E-state index contributed by atoms with van der Waals surface area (Å²) < 4.78 is 11.3. The van der Waals surface area contributed by atoms with Gasteiger partial charge in [0, 0.05) is 5.02 Å². The number of hydrogen-bond acceptors (Lipinski definition) is 4. The van der Waals surface area contributed by atoms with Crippen LogP contribution in [0.25, 0.3) is 0 Å². The van der Waals surface area contributed by atoms with Gasteiger partial charge >= 0.3 is 0 Å². The number of ether oxygens (including phenoxy) is 2. The van der Waals surface area contributed by atoms with Crippen LogP contribution < -0.4 is 14.9 Å². The Balaban J connectivity index is 1.38. The molecule has 0 aliphatic carbocycles. The fourth-order valence-electron chi connectivity index (χ4n) is 2.89. The van der Waals surface area contributed by atoms with Crippen molar-refractivity contribution in [1.29, 1.82) is 0 Å². The molecule has 32 heavy (non-hydrogen) atoms. The molecular formula is C26H27ClN2O3. The number of nitrogens with one attached hydrogen (secondary N) is 1. The van der Waals surface area contributed by atoms with E-state index in [1.54, 1.807) is 6.21 Å². The standard InChI is InChI=1S/C26H27ClN2O3/c1-2-3-4-20-7-13-25(14-8-20)32-19-26(30)29-28-17-21-9-15-24(16-10-21)31-18-22-5-11-23(27)12-6-22/h5-17H,2-4,18-19H2,1H3,(H,29,30)/b28-17-. The fourth-order valence-corrected chi connectivity index (χ4v) is 3.02. The second-order valence-corrected chi connectivity index (χ2v) is 7.75. The van der Waals surface area contributed by atoms with Gasteiger partial charge in [0.05, 0.1) is 6.21 Å². The van der Waals surface area contributed by atoms with Crippen molar-refractivity contribution in [2.75, 3.05) is 6.61 Å². The smallest absolute Gasteiger partial charge is 0.277 e. The molecule has 0 saturated carbocycles. The van der Waals surface area contributed by atoms with Crippen molar-refractivity contribution in [2.45, 2.75) is 32.8 Å². The monoisotopic (exact) mass is 450 g/mol. The van der Waals surface area contributed by atoms with Crippen LogP contribution in [0.15, 0.2) is 77.9 Å². The molecule has 3 rings (SSSR count). The largest absolute Gasteiger partial charge is 0.489 e. The first-order valence-corrected chi connectivity index (χ1v) is 11.0. The highest BCUT2D eigenvalue weighted by molar-refractivity contribution is 6.30. The molecule has 166 valence electrons. The number of halogens is 1. The summed E-state index contributed by atoms with van der Waals surface area (Å²) in [4.78, 5) is 11.9. The van der Waals surface area contributed by atoms with Crippen LogP contribution >= 0.6 is 11.6 Å².